The molecule has 1 amide bonds. The van der Waals surface area contributed by atoms with Crippen LogP contribution in [-0.4, -0.2) is 16.9 Å². The highest BCUT2D eigenvalue weighted by atomic mass is 16.2. The maximum Gasteiger partial charge on any atom is 0.230 e. The van der Waals surface area contributed by atoms with E-state index in [0.29, 0.717) is 6.04 Å². The SMILES string of the molecule is Cc1[nH]c2ccccc2c1C1(C(=O)NC2CC2)CC1. The van der Waals surface area contributed by atoms with Gasteiger partial charge in [0.05, 0.1) is 5.41 Å². The van der Waals surface area contributed by atoms with Gasteiger partial charge in [0, 0.05) is 22.6 Å². The zero-order valence-electron chi connectivity index (χ0n) is 11.1. The standard InChI is InChI=1S/C16H18N2O/c1-10-14(12-4-2-3-5-13(12)17-10)16(8-9-16)15(19)18-11-6-7-11/h2-5,11,17H,6-9H2,1H3,(H,18,19). The number of aromatic nitrogens is 1. The number of carbonyl (C=O) groups is 1. The molecule has 0 aliphatic heterocycles. The molecule has 0 saturated heterocycles. The smallest absolute Gasteiger partial charge is 0.230 e. The first-order chi connectivity index (χ1) is 9.21. The number of rotatable bonds is 3. The summed E-state index contributed by atoms with van der Waals surface area (Å²) in [5.41, 5.74) is 3.25. The monoisotopic (exact) mass is 254 g/mol. The van der Waals surface area contributed by atoms with Gasteiger partial charge in [-0.15, -0.1) is 0 Å². The van der Waals surface area contributed by atoms with Crippen LogP contribution in [0, 0.1) is 6.92 Å². The third-order valence-electron chi connectivity index (χ3n) is 4.47. The Kier molecular flexibility index (Phi) is 2.12. The Morgan fingerprint density at radius 1 is 1.32 bits per heavy atom. The van der Waals surface area contributed by atoms with Crippen molar-refractivity contribution in [2.24, 2.45) is 0 Å². The summed E-state index contributed by atoms with van der Waals surface area (Å²) >= 11 is 0. The highest BCUT2D eigenvalue weighted by molar-refractivity contribution is 5.98. The Labute approximate surface area is 112 Å². The lowest BCUT2D eigenvalue weighted by Gasteiger charge is -2.16. The molecule has 2 aliphatic rings. The van der Waals surface area contributed by atoms with Gasteiger partial charge in [-0.05, 0) is 44.2 Å². The second kappa shape index (κ2) is 3.62. The molecule has 0 bridgehead atoms. The first-order valence-corrected chi connectivity index (χ1v) is 7.09. The maximum absolute atomic E-state index is 12.5. The van der Waals surface area contributed by atoms with Crippen LogP contribution in [0.1, 0.15) is 36.9 Å². The maximum atomic E-state index is 12.5. The van der Waals surface area contributed by atoms with Crippen LogP contribution in [-0.2, 0) is 10.2 Å². The Morgan fingerprint density at radius 2 is 2.05 bits per heavy atom. The summed E-state index contributed by atoms with van der Waals surface area (Å²) < 4.78 is 0. The van der Waals surface area contributed by atoms with Gasteiger partial charge in [-0.3, -0.25) is 4.79 Å². The number of fused-ring (bicyclic) bond motifs is 1. The Balaban J connectivity index is 1.80. The molecule has 4 rings (SSSR count). The lowest BCUT2D eigenvalue weighted by molar-refractivity contribution is -0.123. The molecule has 2 saturated carbocycles. The summed E-state index contributed by atoms with van der Waals surface area (Å²) in [6.45, 7) is 2.08. The molecule has 1 aromatic heterocycles. The number of para-hydroxylation sites is 1. The number of hydrogen-bond donors (Lipinski definition) is 2. The molecule has 3 nitrogen and oxygen atoms in total. The van der Waals surface area contributed by atoms with Gasteiger partial charge in [0.25, 0.3) is 0 Å². The van der Waals surface area contributed by atoms with E-state index < -0.39 is 0 Å². The lowest BCUT2D eigenvalue weighted by atomic mass is 9.92. The van der Waals surface area contributed by atoms with Crippen molar-refractivity contribution in [2.75, 3.05) is 0 Å². The summed E-state index contributed by atoms with van der Waals surface area (Å²) in [7, 11) is 0. The number of aryl methyl sites for hydroxylation is 1. The van der Waals surface area contributed by atoms with Crippen molar-refractivity contribution in [1.82, 2.24) is 10.3 Å². The number of benzene rings is 1. The molecule has 1 aromatic carbocycles. The van der Waals surface area contributed by atoms with E-state index in [1.165, 1.54) is 10.9 Å². The third-order valence-corrected chi connectivity index (χ3v) is 4.47. The van der Waals surface area contributed by atoms with E-state index in [1.807, 2.05) is 12.1 Å². The average molecular weight is 254 g/mol. The minimum atomic E-state index is -0.258. The predicted molar refractivity (Wildman–Crippen MR) is 75.1 cm³/mol. The van der Waals surface area contributed by atoms with E-state index in [4.69, 9.17) is 0 Å². The zero-order chi connectivity index (χ0) is 13.0. The summed E-state index contributed by atoms with van der Waals surface area (Å²) in [5, 5.41) is 4.40. The van der Waals surface area contributed by atoms with Crippen molar-refractivity contribution in [3.63, 3.8) is 0 Å². The molecule has 1 heterocycles. The largest absolute Gasteiger partial charge is 0.358 e. The van der Waals surface area contributed by atoms with Crippen molar-refractivity contribution in [2.45, 2.75) is 44.1 Å². The third kappa shape index (κ3) is 1.61. The van der Waals surface area contributed by atoms with Crippen LogP contribution in [0.5, 0.6) is 0 Å². The molecule has 2 N–H and O–H groups in total. The van der Waals surface area contributed by atoms with Crippen molar-refractivity contribution < 1.29 is 4.79 Å². The first kappa shape index (κ1) is 11.1. The van der Waals surface area contributed by atoms with Crippen LogP contribution in [0.2, 0.25) is 0 Å². The summed E-state index contributed by atoms with van der Waals surface area (Å²) in [5.74, 6) is 0.239. The van der Waals surface area contributed by atoms with Crippen molar-refractivity contribution >= 4 is 16.8 Å². The first-order valence-electron chi connectivity index (χ1n) is 7.09. The molecule has 2 aromatic rings. The fraction of sp³-hybridized carbons (Fsp3) is 0.438. The molecular formula is C16H18N2O. The number of hydrogen-bond acceptors (Lipinski definition) is 1. The average Bonchev–Trinajstić information content (AvgIpc) is 3.29. The molecule has 0 atom stereocenters. The fourth-order valence-electron chi connectivity index (χ4n) is 3.16. The van der Waals surface area contributed by atoms with Gasteiger partial charge in [-0.25, -0.2) is 0 Å². The number of amides is 1. The van der Waals surface area contributed by atoms with Crippen LogP contribution in [0.4, 0.5) is 0 Å². The Bertz CT molecular complexity index is 662. The van der Waals surface area contributed by atoms with Gasteiger partial charge >= 0.3 is 0 Å². The van der Waals surface area contributed by atoms with Crippen molar-refractivity contribution in [3.8, 4) is 0 Å². The summed E-state index contributed by atoms with van der Waals surface area (Å²) in [6.07, 6.45) is 4.26. The topological polar surface area (TPSA) is 44.9 Å². The lowest BCUT2D eigenvalue weighted by Crippen LogP contribution is -2.36. The molecule has 19 heavy (non-hydrogen) atoms. The molecule has 2 fully saturated rings. The van der Waals surface area contributed by atoms with E-state index in [-0.39, 0.29) is 11.3 Å². The fourth-order valence-corrected chi connectivity index (χ4v) is 3.16. The van der Waals surface area contributed by atoms with Crippen molar-refractivity contribution in [3.05, 3.63) is 35.5 Å². The van der Waals surface area contributed by atoms with E-state index >= 15 is 0 Å². The second-order valence-electron chi connectivity index (χ2n) is 6.00. The van der Waals surface area contributed by atoms with Gasteiger partial charge in [-0.1, -0.05) is 18.2 Å². The van der Waals surface area contributed by atoms with Crippen molar-refractivity contribution in [1.29, 1.82) is 0 Å². The van der Waals surface area contributed by atoms with Crippen LogP contribution in [0.3, 0.4) is 0 Å². The summed E-state index contributed by atoms with van der Waals surface area (Å²) in [6, 6.07) is 8.73. The highest BCUT2D eigenvalue weighted by Gasteiger charge is 2.54. The van der Waals surface area contributed by atoms with Gasteiger partial charge in [0.15, 0.2) is 0 Å². The van der Waals surface area contributed by atoms with E-state index in [0.717, 1.165) is 36.9 Å². The minimum absolute atomic E-state index is 0.239. The minimum Gasteiger partial charge on any atom is -0.358 e. The normalized spacial score (nSPS) is 20.5. The van der Waals surface area contributed by atoms with Gasteiger partial charge in [0.1, 0.15) is 0 Å². The van der Waals surface area contributed by atoms with Gasteiger partial charge in [0.2, 0.25) is 5.91 Å². The molecule has 0 radical (unpaired) electrons. The van der Waals surface area contributed by atoms with Crippen LogP contribution < -0.4 is 5.32 Å². The summed E-state index contributed by atoms with van der Waals surface area (Å²) in [4.78, 5) is 16.0. The number of nitrogens with one attached hydrogen (secondary N) is 2. The molecule has 0 unspecified atom stereocenters. The Morgan fingerprint density at radius 3 is 2.74 bits per heavy atom. The van der Waals surface area contributed by atoms with E-state index in [9.17, 15) is 4.79 Å². The van der Waals surface area contributed by atoms with Crippen LogP contribution >= 0.6 is 0 Å². The van der Waals surface area contributed by atoms with Crippen LogP contribution in [0.25, 0.3) is 10.9 Å². The molecule has 0 spiro atoms. The highest BCUT2D eigenvalue weighted by Crippen LogP contribution is 2.52. The molecule has 98 valence electrons. The van der Waals surface area contributed by atoms with E-state index in [1.54, 1.807) is 0 Å². The molecule has 2 aliphatic carbocycles. The molecular weight excluding hydrogens is 236 g/mol. The second-order valence-corrected chi connectivity index (χ2v) is 6.00. The predicted octanol–water partition coefficient (Wildman–Crippen LogP) is 2.79. The number of aromatic amines is 1. The quantitative estimate of drug-likeness (QED) is 0.869. The Hall–Kier alpha value is -1.77. The number of H-pyrrole nitrogens is 1. The van der Waals surface area contributed by atoms with Gasteiger partial charge in [-0.2, -0.15) is 0 Å². The van der Waals surface area contributed by atoms with Crippen LogP contribution in [0.15, 0.2) is 24.3 Å². The van der Waals surface area contributed by atoms with Gasteiger partial charge < -0.3 is 10.3 Å². The van der Waals surface area contributed by atoms with E-state index in [2.05, 4.69) is 29.4 Å². The molecule has 3 heteroatoms. The number of carbonyl (C=O) groups excluding carboxylic acids is 1. The zero-order valence-corrected chi connectivity index (χ0v) is 11.1.